The largest absolute Gasteiger partial charge is 0.497 e. The zero-order valence-corrected chi connectivity index (χ0v) is 26.3. The van der Waals surface area contributed by atoms with Gasteiger partial charge in [-0.1, -0.05) is 54.1 Å². The SMILES string of the molecule is COc1ccc(COc2ccc3c(c2)COCC3CC(=O)O)cc1.Cc1ccc(COc2ccc3c(c2)COCC3CC=O)cc1. The van der Waals surface area contributed by atoms with E-state index in [1.165, 1.54) is 11.1 Å². The van der Waals surface area contributed by atoms with Gasteiger partial charge >= 0.3 is 5.97 Å². The van der Waals surface area contributed by atoms with Crippen LogP contribution in [-0.2, 0) is 45.5 Å². The van der Waals surface area contributed by atoms with Crippen molar-refractivity contribution in [1.29, 1.82) is 0 Å². The Kier molecular flexibility index (Phi) is 11.4. The number of methoxy groups -OCH3 is 1. The number of aldehydes is 1. The van der Waals surface area contributed by atoms with E-state index in [9.17, 15) is 9.59 Å². The van der Waals surface area contributed by atoms with Crippen molar-refractivity contribution in [2.45, 2.75) is 58.0 Å². The second-order valence-corrected chi connectivity index (χ2v) is 11.6. The summed E-state index contributed by atoms with van der Waals surface area (Å²) in [5.41, 5.74) is 7.82. The Hall–Kier alpha value is -4.66. The number of rotatable bonds is 11. The molecule has 2 aliphatic rings. The standard InChI is InChI=1S/C19H20O5.C19H20O3/c1-22-16-4-2-13(3-5-16)10-24-17-6-7-18-14(8-17)11-23-12-15(18)9-19(20)21;1-14-2-4-15(5-3-14)11-22-18-6-7-19-16(8-9-20)12-21-13-17(19)10-18/h2-8,15H,9-12H2,1H3,(H,20,21);2-7,9-10,16H,8,11-13H2,1H3. The molecule has 0 aromatic heterocycles. The molecule has 0 fully saturated rings. The third-order valence-corrected chi connectivity index (χ3v) is 8.15. The molecule has 0 saturated carbocycles. The number of ether oxygens (including phenoxy) is 5. The van der Waals surface area contributed by atoms with Crippen LogP contribution >= 0.6 is 0 Å². The summed E-state index contributed by atoms with van der Waals surface area (Å²) in [7, 11) is 1.64. The summed E-state index contributed by atoms with van der Waals surface area (Å²) in [6, 6.07) is 27.9. The van der Waals surface area contributed by atoms with Gasteiger partial charge in [-0.2, -0.15) is 0 Å². The molecule has 2 aliphatic heterocycles. The predicted molar refractivity (Wildman–Crippen MR) is 173 cm³/mol. The van der Waals surface area contributed by atoms with Gasteiger partial charge < -0.3 is 33.6 Å². The quantitative estimate of drug-likeness (QED) is 0.176. The molecule has 8 nitrogen and oxygen atoms in total. The van der Waals surface area contributed by atoms with Gasteiger partial charge in [0.15, 0.2) is 0 Å². The normalized spacial score (nSPS) is 16.6. The fourth-order valence-corrected chi connectivity index (χ4v) is 5.62. The lowest BCUT2D eigenvalue weighted by atomic mass is 9.90. The topological polar surface area (TPSA) is 101 Å². The number of carboxylic acid groups (broad SMARTS) is 1. The number of hydrogen-bond acceptors (Lipinski definition) is 7. The van der Waals surface area contributed by atoms with E-state index >= 15 is 0 Å². The monoisotopic (exact) mass is 624 g/mol. The molecule has 0 amide bonds. The number of aryl methyl sites for hydroxylation is 1. The van der Waals surface area contributed by atoms with Crippen molar-refractivity contribution >= 4 is 12.3 Å². The number of hydrogen-bond donors (Lipinski definition) is 1. The first-order valence-electron chi connectivity index (χ1n) is 15.4. The number of aliphatic carboxylic acids is 1. The van der Waals surface area contributed by atoms with Crippen LogP contribution < -0.4 is 14.2 Å². The average molecular weight is 625 g/mol. The minimum absolute atomic E-state index is 0.0824. The highest BCUT2D eigenvalue weighted by atomic mass is 16.5. The van der Waals surface area contributed by atoms with Crippen LogP contribution in [0.15, 0.2) is 84.9 Å². The van der Waals surface area contributed by atoms with Gasteiger partial charge in [-0.3, -0.25) is 4.79 Å². The smallest absolute Gasteiger partial charge is 0.304 e. The number of carbonyl (C=O) groups excluding carboxylic acids is 1. The van der Waals surface area contributed by atoms with Gasteiger partial charge in [0, 0.05) is 18.3 Å². The Bertz CT molecular complexity index is 1600. The lowest BCUT2D eigenvalue weighted by Gasteiger charge is -2.25. The summed E-state index contributed by atoms with van der Waals surface area (Å²) >= 11 is 0. The number of carboxylic acids is 1. The Labute approximate surface area is 269 Å². The van der Waals surface area contributed by atoms with Gasteiger partial charge in [-0.25, -0.2) is 0 Å². The highest BCUT2D eigenvalue weighted by Crippen LogP contribution is 2.33. The molecule has 0 saturated heterocycles. The van der Waals surface area contributed by atoms with E-state index in [4.69, 9.17) is 28.8 Å². The van der Waals surface area contributed by atoms with E-state index in [-0.39, 0.29) is 18.3 Å². The van der Waals surface area contributed by atoms with E-state index in [1.54, 1.807) is 7.11 Å². The summed E-state index contributed by atoms with van der Waals surface area (Å²) in [6.07, 6.45) is 1.56. The molecular weight excluding hydrogens is 584 g/mol. The van der Waals surface area contributed by atoms with E-state index in [0.29, 0.717) is 46.1 Å². The summed E-state index contributed by atoms with van der Waals surface area (Å²) in [5, 5.41) is 9.00. The van der Waals surface area contributed by atoms with Crippen LogP contribution in [0.3, 0.4) is 0 Å². The third-order valence-electron chi connectivity index (χ3n) is 8.15. The number of fused-ring (bicyclic) bond motifs is 2. The van der Waals surface area contributed by atoms with Gasteiger partial charge in [0.1, 0.15) is 36.7 Å². The molecule has 0 radical (unpaired) electrons. The van der Waals surface area contributed by atoms with Crippen molar-refractivity contribution < 1.29 is 38.4 Å². The second-order valence-electron chi connectivity index (χ2n) is 11.6. The number of benzene rings is 4. The molecule has 2 atom stereocenters. The molecule has 46 heavy (non-hydrogen) atoms. The molecule has 0 bridgehead atoms. The molecule has 240 valence electrons. The van der Waals surface area contributed by atoms with Crippen LogP contribution in [0.2, 0.25) is 0 Å². The van der Waals surface area contributed by atoms with E-state index in [2.05, 4.69) is 37.3 Å². The van der Waals surface area contributed by atoms with Crippen molar-refractivity contribution in [3.8, 4) is 17.2 Å². The zero-order valence-electron chi connectivity index (χ0n) is 26.3. The van der Waals surface area contributed by atoms with Crippen LogP contribution in [0.25, 0.3) is 0 Å². The van der Waals surface area contributed by atoms with Crippen LogP contribution in [0, 0.1) is 6.92 Å². The molecule has 0 spiro atoms. The lowest BCUT2D eigenvalue weighted by molar-refractivity contribution is -0.138. The Morgan fingerprint density at radius 3 is 1.78 bits per heavy atom. The lowest BCUT2D eigenvalue weighted by Crippen LogP contribution is -2.19. The second kappa shape index (κ2) is 16.1. The highest BCUT2D eigenvalue weighted by molar-refractivity contribution is 5.68. The molecule has 4 aromatic rings. The van der Waals surface area contributed by atoms with E-state index < -0.39 is 5.97 Å². The fraction of sp³-hybridized carbons (Fsp3) is 0.316. The summed E-state index contributed by atoms with van der Waals surface area (Å²) < 4.78 is 27.9. The van der Waals surface area contributed by atoms with Crippen LogP contribution in [0.5, 0.6) is 17.2 Å². The van der Waals surface area contributed by atoms with Gasteiger partial charge in [0.2, 0.25) is 0 Å². The van der Waals surface area contributed by atoms with Crippen LogP contribution in [-0.4, -0.2) is 37.7 Å². The first kappa shape index (κ1) is 32.7. The van der Waals surface area contributed by atoms with Crippen LogP contribution in [0.1, 0.15) is 63.6 Å². The summed E-state index contributed by atoms with van der Waals surface area (Å²) in [6.45, 7) is 5.24. The molecule has 6 rings (SSSR count). The molecule has 1 N–H and O–H groups in total. The van der Waals surface area contributed by atoms with Crippen molar-refractivity contribution in [1.82, 2.24) is 0 Å². The van der Waals surface area contributed by atoms with E-state index in [0.717, 1.165) is 51.4 Å². The highest BCUT2D eigenvalue weighted by Gasteiger charge is 2.24. The molecule has 2 heterocycles. The molecule has 4 aromatic carbocycles. The maximum atomic E-state index is 11.0. The number of carbonyl (C=O) groups is 2. The van der Waals surface area contributed by atoms with Crippen molar-refractivity contribution in [2.24, 2.45) is 0 Å². The minimum atomic E-state index is -0.809. The molecule has 2 unspecified atom stereocenters. The fourth-order valence-electron chi connectivity index (χ4n) is 5.62. The van der Waals surface area contributed by atoms with Crippen molar-refractivity contribution in [3.05, 3.63) is 124 Å². The van der Waals surface area contributed by atoms with Gasteiger partial charge in [0.25, 0.3) is 0 Å². The Morgan fingerprint density at radius 1 is 0.761 bits per heavy atom. The Balaban J connectivity index is 0.000000182. The minimum Gasteiger partial charge on any atom is -0.497 e. The molecular formula is C38H40O8. The van der Waals surface area contributed by atoms with Gasteiger partial charge in [0.05, 0.1) is 40.0 Å². The van der Waals surface area contributed by atoms with Gasteiger partial charge in [-0.05, 0) is 76.7 Å². The predicted octanol–water partition coefficient (Wildman–Crippen LogP) is 7.14. The molecule has 8 heteroatoms. The summed E-state index contributed by atoms with van der Waals surface area (Å²) in [4.78, 5) is 21.7. The first-order chi connectivity index (χ1) is 22.4. The maximum Gasteiger partial charge on any atom is 0.304 e. The molecule has 0 aliphatic carbocycles. The van der Waals surface area contributed by atoms with Crippen molar-refractivity contribution in [2.75, 3.05) is 20.3 Å². The van der Waals surface area contributed by atoms with E-state index in [1.807, 2.05) is 54.6 Å². The third kappa shape index (κ3) is 8.96. The first-order valence-corrected chi connectivity index (χ1v) is 15.4. The Morgan fingerprint density at radius 2 is 1.26 bits per heavy atom. The zero-order chi connectivity index (χ0) is 32.3. The van der Waals surface area contributed by atoms with Gasteiger partial charge in [-0.15, -0.1) is 0 Å². The summed E-state index contributed by atoms with van der Waals surface area (Å²) in [5.74, 6) is 1.68. The maximum absolute atomic E-state index is 11.0. The van der Waals surface area contributed by atoms with Crippen LogP contribution in [0.4, 0.5) is 0 Å². The van der Waals surface area contributed by atoms with Crippen molar-refractivity contribution in [3.63, 3.8) is 0 Å². The average Bonchev–Trinajstić information content (AvgIpc) is 3.07.